The minimum atomic E-state index is -0.649. The molecular weight excluding hydrogens is 324 g/mol. The van der Waals surface area contributed by atoms with Gasteiger partial charge >= 0.3 is 12.0 Å². The van der Waals surface area contributed by atoms with Crippen LogP contribution < -0.4 is 15.4 Å². The maximum absolute atomic E-state index is 11.6. The van der Waals surface area contributed by atoms with Crippen molar-refractivity contribution in [2.45, 2.75) is 45.1 Å². The minimum Gasteiger partial charge on any atom is -0.493 e. The molecule has 0 aliphatic heterocycles. The molecule has 7 nitrogen and oxygen atoms in total. The minimum absolute atomic E-state index is 0.0237. The van der Waals surface area contributed by atoms with Gasteiger partial charge in [0.05, 0.1) is 13.0 Å². The van der Waals surface area contributed by atoms with Gasteiger partial charge in [-0.3, -0.25) is 14.9 Å². The summed E-state index contributed by atoms with van der Waals surface area (Å²) in [5.41, 5.74) is 0.975. The number of rotatable bonds is 7. The molecule has 2 rings (SSSR count). The number of hydrogen-bond acceptors (Lipinski definition) is 5. The maximum Gasteiger partial charge on any atom is 0.321 e. The van der Waals surface area contributed by atoms with Gasteiger partial charge in [0.15, 0.2) is 6.61 Å². The normalized spacial score (nSPS) is 14.0. The van der Waals surface area contributed by atoms with Gasteiger partial charge in [-0.1, -0.05) is 31.0 Å². The molecule has 2 N–H and O–H groups in total. The number of urea groups is 1. The number of imide groups is 1. The van der Waals surface area contributed by atoms with Crippen LogP contribution in [0.25, 0.3) is 0 Å². The predicted molar refractivity (Wildman–Crippen MR) is 91.2 cm³/mol. The molecule has 1 aliphatic rings. The summed E-state index contributed by atoms with van der Waals surface area (Å²) in [6.07, 6.45) is 4.05. The van der Waals surface area contributed by atoms with Gasteiger partial charge in [-0.05, 0) is 31.4 Å². The molecule has 3 amide bonds. The maximum atomic E-state index is 11.6. The van der Waals surface area contributed by atoms with Gasteiger partial charge in [-0.2, -0.15) is 0 Å². The number of ether oxygens (including phenoxy) is 2. The van der Waals surface area contributed by atoms with Crippen molar-refractivity contribution in [1.29, 1.82) is 0 Å². The molecule has 0 saturated heterocycles. The smallest absolute Gasteiger partial charge is 0.321 e. The molecule has 0 bridgehead atoms. The number of nitrogens with one attached hydrogen (secondary N) is 2. The Morgan fingerprint density at radius 1 is 1.16 bits per heavy atom. The standard InChI is InChI=1S/C18H24N2O5/c1-13-6-2-5-9-15(13)24-11-10-17(22)25-12-16(21)20-18(23)19-14-7-3-4-8-14/h2,5-6,9,14H,3-4,7-8,10-12H2,1H3,(H2,19,20,21,23). The first-order valence-corrected chi connectivity index (χ1v) is 8.49. The van der Waals surface area contributed by atoms with E-state index < -0.39 is 24.5 Å². The van der Waals surface area contributed by atoms with Crippen LogP contribution in [0.1, 0.15) is 37.7 Å². The van der Waals surface area contributed by atoms with Crippen LogP contribution in [0.15, 0.2) is 24.3 Å². The summed E-state index contributed by atoms with van der Waals surface area (Å²) in [4.78, 5) is 34.8. The molecule has 25 heavy (non-hydrogen) atoms. The van der Waals surface area contributed by atoms with Gasteiger partial charge in [0, 0.05) is 6.04 Å². The molecule has 1 saturated carbocycles. The van der Waals surface area contributed by atoms with Crippen LogP contribution in [0, 0.1) is 6.92 Å². The van der Waals surface area contributed by atoms with Crippen LogP contribution in [-0.2, 0) is 14.3 Å². The zero-order valence-electron chi connectivity index (χ0n) is 14.4. The van der Waals surface area contributed by atoms with Crippen molar-refractivity contribution in [2.75, 3.05) is 13.2 Å². The van der Waals surface area contributed by atoms with Gasteiger partial charge in [-0.15, -0.1) is 0 Å². The van der Waals surface area contributed by atoms with E-state index in [1.807, 2.05) is 31.2 Å². The number of aryl methyl sites for hydroxylation is 1. The summed E-state index contributed by atoms with van der Waals surface area (Å²) in [6.45, 7) is 1.59. The number of amides is 3. The van der Waals surface area contributed by atoms with Crippen molar-refractivity contribution >= 4 is 17.9 Å². The zero-order valence-corrected chi connectivity index (χ0v) is 14.4. The lowest BCUT2D eigenvalue weighted by Crippen LogP contribution is -2.45. The molecule has 0 spiro atoms. The van der Waals surface area contributed by atoms with Crippen molar-refractivity contribution in [1.82, 2.24) is 10.6 Å². The second-order valence-electron chi connectivity index (χ2n) is 6.03. The van der Waals surface area contributed by atoms with Gasteiger partial charge < -0.3 is 14.8 Å². The highest BCUT2D eigenvalue weighted by Gasteiger charge is 2.18. The van der Waals surface area contributed by atoms with Crippen LogP contribution in [0.4, 0.5) is 4.79 Å². The van der Waals surface area contributed by atoms with Crippen LogP contribution in [0.3, 0.4) is 0 Å². The number of carbonyl (C=O) groups excluding carboxylic acids is 3. The number of para-hydroxylation sites is 1. The fourth-order valence-corrected chi connectivity index (χ4v) is 2.64. The van der Waals surface area contributed by atoms with E-state index >= 15 is 0 Å². The van der Waals surface area contributed by atoms with Crippen LogP contribution in [0.2, 0.25) is 0 Å². The number of carbonyl (C=O) groups is 3. The molecule has 0 radical (unpaired) electrons. The number of hydrogen-bond donors (Lipinski definition) is 2. The molecule has 0 atom stereocenters. The third-order valence-electron chi connectivity index (χ3n) is 3.96. The van der Waals surface area contributed by atoms with Crippen molar-refractivity contribution < 1.29 is 23.9 Å². The SMILES string of the molecule is Cc1ccccc1OCCC(=O)OCC(=O)NC(=O)NC1CCCC1. The number of esters is 1. The zero-order chi connectivity index (χ0) is 18.1. The third-order valence-corrected chi connectivity index (χ3v) is 3.96. The first kappa shape index (κ1) is 18.8. The summed E-state index contributed by atoms with van der Waals surface area (Å²) < 4.78 is 10.3. The predicted octanol–water partition coefficient (Wildman–Crippen LogP) is 2.08. The van der Waals surface area contributed by atoms with Gasteiger partial charge in [-0.25, -0.2) is 4.79 Å². The topological polar surface area (TPSA) is 93.7 Å². The summed E-state index contributed by atoms with van der Waals surface area (Å²) in [6, 6.07) is 7.05. The van der Waals surface area contributed by atoms with E-state index in [-0.39, 0.29) is 19.1 Å². The molecule has 1 fully saturated rings. The van der Waals surface area contributed by atoms with E-state index in [0.717, 1.165) is 31.2 Å². The van der Waals surface area contributed by atoms with E-state index in [0.29, 0.717) is 5.75 Å². The quantitative estimate of drug-likeness (QED) is 0.736. The van der Waals surface area contributed by atoms with Crippen LogP contribution in [-0.4, -0.2) is 37.2 Å². The molecule has 7 heteroatoms. The molecule has 1 aromatic carbocycles. The van der Waals surface area contributed by atoms with Gasteiger partial charge in [0.25, 0.3) is 5.91 Å². The van der Waals surface area contributed by atoms with E-state index in [2.05, 4.69) is 10.6 Å². The summed E-state index contributed by atoms with van der Waals surface area (Å²) >= 11 is 0. The lowest BCUT2D eigenvalue weighted by molar-refractivity contribution is -0.148. The molecule has 136 valence electrons. The Balaban J connectivity index is 1.58. The Morgan fingerprint density at radius 3 is 2.60 bits per heavy atom. The Bertz CT molecular complexity index is 611. The highest BCUT2D eigenvalue weighted by molar-refractivity contribution is 5.95. The second-order valence-corrected chi connectivity index (χ2v) is 6.03. The fourth-order valence-electron chi connectivity index (χ4n) is 2.64. The van der Waals surface area contributed by atoms with E-state index in [9.17, 15) is 14.4 Å². The molecule has 0 unspecified atom stereocenters. The molecule has 1 aliphatic carbocycles. The lowest BCUT2D eigenvalue weighted by atomic mass is 10.2. The monoisotopic (exact) mass is 348 g/mol. The highest BCUT2D eigenvalue weighted by atomic mass is 16.5. The molecule has 0 aromatic heterocycles. The Hall–Kier alpha value is -2.57. The van der Waals surface area contributed by atoms with Gasteiger partial charge in [0.2, 0.25) is 0 Å². The van der Waals surface area contributed by atoms with E-state index in [4.69, 9.17) is 9.47 Å². The second kappa shape index (κ2) is 9.66. The fraction of sp³-hybridized carbons (Fsp3) is 0.500. The third kappa shape index (κ3) is 6.82. The largest absolute Gasteiger partial charge is 0.493 e. The average molecular weight is 348 g/mol. The summed E-state index contributed by atoms with van der Waals surface area (Å²) in [7, 11) is 0. The van der Waals surface area contributed by atoms with Crippen LogP contribution in [0.5, 0.6) is 5.75 Å². The average Bonchev–Trinajstić information content (AvgIpc) is 3.07. The first-order valence-electron chi connectivity index (χ1n) is 8.49. The van der Waals surface area contributed by atoms with Crippen molar-refractivity contribution in [2.24, 2.45) is 0 Å². The molecule has 0 heterocycles. The molecular formula is C18H24N2O5. The van der Waals surface area contributed by atoms with Crippen LogP contribution >= 0.6 is 0 Å². The Labute approximate surface area is 147 Å². The highest BCUT2D eigenvalue weighted by Crippen LogP contribution is 2.17. The summed E-state index contributed by atoms with van der Waals surface area (Å²) in [5, 5.41) is 4.88. The van der Waals surface area contributed by atoms with Crippen molar-refractivity contribution in [3.8, 4) is 5.75 Å². The van der Waals surface area contributed by atoms with Crippen molar-refractivity contribution in [3.05, 3.63) is 29.8 Å². The Kier molecular flexibility index (Phi) is 7.25. The Morgan fingerprint density at radius 2 is 1.88 bits per heavy atom. The van der Waals surface area contributed by atoms with Gasteiger partial charge in [0.1, 0.15) is 5.75 Å². The van der Waals surface area contributed by atoms with Crippen molar-refractivity contribution in [3.63, 3.8) is 0 Å². The first-order chi connectivity index (χ1) is 12.0. The molecule has 1 aromatic rings. The van der Waals surface area contributed by atoms with E-state index in [1.54, 1.807) is 0 Å². The lowest BCUT2D eigenvalue weighted by Gasteiger charge is -2.12. The summed E-state index contributed by atoms with van der Waals surface area (Å²) in [5.74, 6) is -0.500. The van der Waals surface area contributed by atoms with E-state index in [1.165, 1.54) is 0 Å². The number of benzene rings is 1.